The summed E-state index contributed by atoms with van der Waals surface area (Å²) in [4.78, 5) is 23.9. The van der Waals surface area contributed by atoms with Crippen LogP contribution < -0.4 is 5.32 Å². The normalized spacial score (nSPS) is 11.1. The fraction of sp³-hybridized carbons (Fsp3) is 0.500. The molecule has 0 aliphatic heterocycles. The van der Waals surface area contributed by atoms with E-state index in [2.05, 4.69) is 11.9 Å². The number of likely N-dealkylation sites (N-methyl/N-ethyl adjacent to an activating group) is 1. The van der Waals surface area contributed by atoms with Gasteiger partial charge in [0.25, 0.3) is 5.91 Å². The van der Waals surface area contributed by atoms with E-state index < -0.39 is 17.9 Å². The number of nitriles is 1. The van der Waals surface area contributed by atoms with Crippen molar-refractivity contribution in [3.05, 3.63) is 12.7 Å². The van der Waals surface area contributed by atoms with E-state index >= 15 is 0 Å². The summed E-state index contributed by atoms with van der Waals surface area (Å²) in [5.74, 6) is -0.382. The van der Waals surface area contributed by atoms with Crippen molar-refractivity contribution in [2.24, 2.45) is 0 Å². The number of rotatable bonds is 6. The Morgan fingerprint density at radius 3 is 2.69 bits per heavy atom. The molecule has 1 atom stereocenters. The van der Waals surface area contributed by atoms with Crippen LogP contribution in [0, 0.1) is 11.5 Å². The molecule has 0 fully saturated rings. The third kappa shape index (κ3) is 4.36. The Kier molecular flexibility index (Phi) is 7.05. The minimum absolute atomic E-state index is 0.296. The number of nitrogens with zero attached hydrogens (tertiary/aromatic N) is 2. The molecule has 0 aliphatic rings. The van der Waals surface area contributed by atoms with Gasteiger partial charge in [-0.2, -0.15) is 17.0 Å². The first-order valence-electron chi connectivity index (χ1n) is 4.73. The summed E-state index contributed by atoms with van der Waals surface area (Å²) in [5.41, 5.74) is 0. The number of nitrogens with one attached hydrogen (secondary N) is 1. The molecule has 1 N–H and O–H groups in total. The third-order valence-corrected chi connectivity index (χ3v) is 2.50. The van der Waals surface area contributed by atoms with Crippen molar-refractivity contribution in [3.63, 3.8) is 0 Å². The van der Waals surface area contributed by atoms with Crippen LogP contribution in [0.15, 0.2) is 12.7 Å². The molecule has 0 spiro atoms. The first-order valence-corrected chi connectivity index (χ1v) is 6.13. The third-order valence-electron chi connectivity index (χ3n) is 1.84. The highest BCUT2D eigenvalue weighted by molar-refractivity contribution is 7.98. The first kappa shape index (κ1) is 14.5. The highest BCUT2D eigenvalue weighted by atomic mass is 32.2. The predicted octanol–water partition coefficient (Wildman–Crippen LogP) is 0.350. The van der Waals surface area contributed by atoms with Crippen molar-refractivity contribution >= 4 is 23.6 Å². The summed E-state index contributed by atoms with van der Waals surface area (Å²) in [7, 11) is 0. The van der Waals surface area contributed by atoms with Gasteiger partial charge in [-0.1, -0.05) is 6.58 Å². The van der Waals surface area contributed by atoms with Crippen LogP contribution in [0.5, 0.6) is 0 Å². The molecule has 1 unspecified atom stereocenters. The zero-order valence-electron chi connectivity index (χ0n) is 9.40. The topological polar surface area (TPSA) is 73.2 Å². The predicted molar refractivity (Wildman–Crippen MR) is 63.5 cm³/mol. The van der Waals surface area contributed by atoms with Crippen LogP contribution >= 0.6 is 11.8 Å². The van der Waals surface area contributed by atoms with Crippen molar-refractivity contribution < 1.29 is 9.59 Å². The van der Waals surface area contributed by atoms with E-state index in [1.165, 1.54) is 11.8 Å². The average Bonchev–Trinajstić information content (AvgIpc) is 2.29. The van der Waals surface area contributed by atoms with Crippen molar-refractivity contribution in [3.8, 4) is 6.19 Å². The second kappa shape index (κ2) is 7.77. The highest BCUT2D eigenvalue weighted by Crippen LogP contribution is 2.02. The number of hydrogen-bond acceptors (Lipinski definition) is 4. The van der Waals surface area contributed by atoms with Gasteiger partial charge in [0.1, 0.15) is 6.04 Å². The molecule has 0 aliphatic carbocycles. The monoisotopic (exact) mass is 241 g/mol. The molecule has 0 saturated carbocycles. The average molecular weight is 241 g/mol. The molecular weight excluding hydrogens is 226 g/mol. The zero-order chi connectivity index (χ0) is 12.6. The van der Waals surface area contributed by atoms with Gasteiger partial charge < -0.3 is 5.32 Å². The molecule has 88 valence electrons. The van der Waals surface area contributed by atoms with E-state index in [1.54, 1.807) is 13.1 Å². The van der Waals surface area contributed by atoms with E-state index in [0.717, 1.165) is 11.0 Å². The van der Waals surface area contributed by atoms with Crippen molar-refractivity contribution in [1.82, 2.24) is 10.2 Å². The molecule has 6 heteroatoms. The summed E-state index contributed by atoms with van der Waals surface area (Å²) >= 11 is 1.42. The quantitative estimate of drug-likeness (QED) is 0.414. The van der Waals surface area contributed by atoms with E-state index in [-0.39, 0.29) is 0 Å². The lowest BCUT2D eigenvalue weighted by Crippen LogP contribution is -2.48. The van der Waals surface area contributed by atoms with E-state index in [4.69, 9.17) is 5.26 Å². The number of carbonyl (C=O) groups is 2. The highest BCUT2D eigenvalue weighted by Gasteiger charge is 2.23. The maximum absolute atomic E-state index is 11.8. The summed E-state index contributed by atoms with van der Waals surface area (Å²) in [5, 5.41) is 11.2. The Morgan fingerprint density at radius 2 is 2.31 bits per heavy atom. The van der Waals surface area contributed by atoms with Crippen LogP contribution in [0.25, 0.3) is 0 Å². The zero-order valence-corrected chi connectivity index (χ0v) is 10.2. The Bertz CT molecular complexity index is 312. The largest absolute Gasteiger partial charge is 0.340 e. The smallest absolute Gasteiger partial charge is 0.259 e. The van der Waals surface area contributed by atoms with Crippen LogP contribution in [0.4, 0.5) is 0 Å². The summed E-state index contributed by atoms with van der Waals surface area (Å²) in [6, 6.07) is -0.680. The maximum atomic E-state index is 11.8. The maximum Gasteiger partial charge on any atom is 0.259 e. The van der Waals surface area contributed by atoms with Crippen molar-refractivity contribution in [1.29, 1.82) is 5.26 Å². The molecule has 5 nitrogen and oxygen atoms in total. The van der Waals surface area contributed by atoms with Gasteiger partial charge in [-0.3, -0.25) is 9.59 Å². The standard InChI is InChI=1S/C10H15N3O2S/c1-4-9(14)12-8(6-16-3)10(15)13(5-2)7-11/h4,8H,1,5-6H2,2-3H3,(H,12,14). The van der Waals surface area contributed by atoms with E-state index in [1.807, 2.05) is 6.26 Å². The van der Waals surface area contributed by atoms with Gasteiger partial charge in [-0.25, -0.2) is 4.90 Å². The SMILES string of the molecule is C=CC(=O)NC(CSC)C(=O)N(C#N)CC. The Labute approximate surface area is 99.5 Å². The van der Waals surface area contributed by atoms with Gasteiger partial charge in [0.05, 0.1) is 0 Å². The molecule has 0 saturated heterocycles. The van der Waals surface area contributed by atoms with E-state index in [9.17, 15) is 9.59 Å². The fourth-order valence-electron chi connectivity index (χ4n) is 1.04. The van der Waals surface area contributed by atoms with Gasteiger partial charge in [0, 0.05) is 12.3 Å². The van der Waals surface area contributed by atoms with Crippen molar-refractivity contribution in [2.75, 3.05) is 18.6 Å². The molecule has 0 rings (SSSR count). The van der Waals surface area contributed by atoms with Crippen LogP contribution in [-0.2, 0) is 9.59 Å². The van der Waals surface area contributed by atoms with Gasteiger partial charge in [-0.15, -0.1) is 0 Å². The number of carbonyl (C=O) groups excluding carboxylic acids is 2. The van der Waals surface area contributed by atoms with Gasteiger partial charge >= 0.3 is 0 Å². The Balaban J connectivity index is 4.64. The molecule has 0 aromatic rings. The van der Waals surface area contributed by atoms with Crippen LogP contribution in [0.3, 0.4) is 0 Å². The van der Waals surface area contributed by atoms with Gasteiger partial charge in [0.2, 0.25) is 5.91 Å². The number of hydrogen-bond donors (Lipinski definition) is 1. The molecule has 0 bridgehead atoms. The minimum atomic E-state index is -0.680. The van der Waals surface area contributed by atoms with Crippen molar-refractivity contribution in [2.45, 2.75) is 13.0 Å². The lowest BCUT2D eigenvalue weighted by atomic mass is 10.3. The molecule has 0 radical (unpaired) electrons. The molecular formula is C10H15N3O2S. The Morgan fingerprint density at radius 1 is 1.69 bits per heavy atom. The first-order chi connectivity index (χ1) is 7.60. The van der Waals surface area contributed by atoms with Crippen LogP contribution in [0.2, 0.25) is 0 Å². The Hall–Kier alpha value is -1.48. The molecule has 0 aromatic heterocycles. The summed E-state index contributed by atoms with van der Waals surface area (Å²) in [6.45, 7) is 5.31. The molecule has 0 aromatic carbocycles. The summed E-state index contributed by atoms with van der Waals surface area (Å²) < 4.78 is 0. The summed E-state index contributed by atoms with van der Waals surface area (Å²) in [6.07, 6.45) is 4.70. The van der Waals surface area contributed by atoms with Crippen LogP contribution in [0.1, 0.15) is 6.92 Å². The lowest BCUT2D eigenvalue weighted by Gasteiger charge is -2.20. The minimum Gasteiger partial charge on any atom is -0.340 e. The lowest BCUT2D eigenvalue weighted by molar-refractivity contribution is -0.132. The second-order valence-corrected chi connectivity index (χ2v) is 3.81. The molecule has 2 amide bonds. The molecule has 16 heavy (non-hydrogen) atoms. The van der Waals surface area contributed by atoms with Gasteiger partial charge in [0.15, 0.2) is 6.19 Å². The fourth-order valence-corrected chi connectivity index (χ4v) is 1.60. The number of amides is 2. The van der Waals surface area contributed by atoms with E-state index in [0.29, 0.717) is 12.3 Å². The van der Waals surface area contributed by atoms with Crippen LogP contribution in [-0.4, -0.2) is 41.3 Å². The second-order valence-electron chi connectivity index (χ2n) is 2.90. The van der Waals surface area contributed by atoms with Gasteiger partial charge in [-0.05, 0) is 19.3 Å². The number of thioether (sulfide) groups is 1. The molecule has 0 heterocycles.